The first kappa shape index (κ1) is 23.7. The topological polar surface area (TPSA) is 52.6 Å². The van der Waals surface area contributed by atoms with Gasteiger partial charge >= 0.3 is 0 Å². The number of carbonyl (C=O) groups is 1. The fraction of sp³-hybridized carbons (Fsp3) is 0.593. The zero-order valence-electron chi connectivity index (χ0n) is 20.4. The van der Waals surface area contributed by atoms with Gasteiger partial charge in [0.15, 0.2) is 5.82 Å². The number of aromatic nitrogens is 2. The molecule has 0 atom stereocenters. The van der Waals surface area contributed by atoms with E-state index in [1.54, 1.807) is 0 Å². The van der Waals surface area contributed by atoms with Crippen LogP contribution < -0.4 is 4.90 Å². The van der Waals surface area contributed by atoms with Crippen LogP contribution in [0.25, 0.3) is 11.4 Å². The number of carbonyl (C=O) groups excluding carboxylic acids is 1. The molecule has 6 nitrogen and oxygen atoms in total. The Hall–Kier alpha value is -2.47. The number of hydrogen-bond acceptors (Lipinski definition) is 5. The Bertz CT molecular complexity index is 908. The molecule has 2 aromatic rings. The van der Waals surface area contributed by atoms with E-state index >= 15 is 0 Å². The SMILES string of the molecule is CCCCCCCC(=O)N1CCc2nc(-c3ccccc3)nc(N3CCN(CC)CC3)c2C1. The standard InChI is InChI=1S/C27H39N5O/c1-3-5-6-7-11-14-25(33)32-16-15-24-23(21-32)27(31-19-17-30(4-2)18-20-31)29-26(28-24)22-12-9-8-10-13-22/h8-10,12-13H,3-7,11,14-21H2,1-2H3. The van der Waals surface area contributed by atoms with E-state index in [-0.39, 0.29) is 5.91 Å². The van der Waals surface area contributed by atoms with Crippen molar-refractivity contribution in [3.63, 3.8) is 0 Å². The molecule has 178 valence electrons. The molecular formula is C27H39N5O. The molecular weight excluding hydrogens is 410 g/mol. The van der Waals surface area contributed by atoms with Gasteiger partial charge < -0.3 is 14.7 Å². The lowest BCUT2D eigenvalue weighted by Crippen LogP contribution is -2.47. The molecule has 4 rings (SSSR count). The van der Waals surface area contributed by atoms with Crippen LogP contribution in [0.3, 0.4) is 0 Å². The van der Waals surface area contributed by atoms with Gasteiger partial charge in [-0.15, -0.1) is 0 Å². The van der Waals surface area contributed by atoms with Crippen LogP contribution in [0.4, 0.5) is 5.82 Å². The highest BCUT2D eigenvalue weighted by Gasteiger charge is 2.29. The number of anilines is 1. The van der Waals surface area contributed by atoms with Gasteiger partial charge in [-0.25, -0.2) is 9.97 Å². The van der Waals surface area contributed by atoms with Crippen molar-refractivity contribution in [3.05, 3.63) is 41.6 Å². The predicted molar refractivity (Wildman–Crippen MR) is 134 cm³/mol. The lowest BCUT2D eigenvalue weighted by atomic mass is 10.0. The van der Waals surface area contributed by atoms with Crippen molar-refractivity contribution in [3.8, 4) is 11.4 Å². The Morgan fingerprint density at radius 2 is 1.67 bits per heavy atom. The van der Waals surface area contributed by atoms with Crippen molar-refractivity contribution in [2.45, 2.75) is 65.3 Å². The second-order valence-electron chi connectivity index (χ2n) is 9.31. The van der Waals surface area contributed by atoms with E-state index in [1.807, 2.05) is 23.1 Å². The number of unbranched alkanes of at least 4 members (excludes halogenated alkanes) is 4. The number of likely N-dealkylation sites (N-methyl/N-ethyl adjacent to an activating group) is 1. The summed E-state index contributed by atoms with van der Waals surface area (Å²) in [5, 5.41) is 0. The minimum atomic E-state index is 0.283. The molecule has 0 N–H and O–H groups in total. The van der Waals surface area contributed by atoms with E-state index < -0.39 is 0 Å². The fourth-order valence-electron chi connectivity index (χ4n) is 4.90. The third-order valence-corrected chi connectivity index (χ3v) is 7.04. The normalized spacial score (nSPS) is 16.7. The summed E-state index contributed by atoms with van der Waals surface area (Å²) in [7, 11) is 0. The number of rotatable bonds is 9. The largest absolute Gasteiger partial charge is 0.354 e. The van der Waals surface area contributed by atoms with E-state index in [0.29, 0.717) is 13.0 Å². The summed E-state index contributed by atoms with van der Waals surface area (Å²) in [5.74, 6) is 2.12. The molecule has 6 heteroatoms. The van der Waals surface area contributed by atoms with E-state index in [2.05, 4.69) is 35.8 Å². The summed E-state index contributed by atoms with van der Waals surface area (Å²) in [6, 6.07) is 10.3. The third-order valence-electron chi connectivity index (χ3n) is 7.04. The Morgan fingerprint density at radius 1 is 0.909 bits per heavy atom. The van der Waals surface area contributed by atoms with Crippen LogP contribution in [0.5, 0.6) is 0 Å². The molecule has 1 aromatic heterocycles. The molecule has 0 spiro atoms. The van der Waals surface area contributed by atoms with E-state index in [1.165, 1.54) is 19.3 Å². The van der Waals surface area contributed by atoms with Gasteiger partial charge in [0.1, 0.15) is 5.82 Å². The zero-order chi connectivity index (χ0) is 23.0. The monoisotopic (exact) mass is 449 g/mol. The molecule has 0 unspecified atom stereocenters. The summed E-state index contributed by atoms with van der Waals surface area (Å²) in [5.41, 5.74) is 3.33. The van der Waals surface area contributed by atoms with Crippen LogP contribution in [0.1, 0.15) is 63.6 Å². The molecule has 1 fully saturated rings. The number of piperazine rings is 1. The molecule has 0 saturated carbocycles. The number of benzene rings is 1. The van der Waals surface area contributed by atoms with Crippen molar-refractivity contribution in [2.75, 3.05) is 44.2 Å². The number of amides is 1. The highest BCUT2D eigenvalue weighted by Crippen LogP contribution is 2.30. The highest BCUT2D eigenvalue weighted by atomic mass is 16.2. The van der Waals surface area contributed by atoms with Gasteiger partial charge in [0.2, 0.25) is 5.91 Å². The average Bonchev–Trinajstić information content (AvgIpc) is 2.88. The van der Waals surface area contributed by atoms with E-state index in [9.17, 15) is 4.79 Å². The van der Waals surface area contributed by atoms with Gasteiger partial charge in [-0.2, -0.15) is 0 Å². The molecule has 0 aliphatic carbocycles. The molecule has 2 aliphatic heterocycles. The lowest BCUT2D eigenvalue weighted by Gasteiger charge is -2.38. The fourth-order valence-corrected chi connectivity index (χ4v) is 4.90. The predicted octanol–water partition coefficient (Wildman–Crippen LogP) is 4.53. The van der Waals surface area contributed by atoms with Gasteiger partial charge in [-0.1, -0.05) is 69.9 Å². The zero-order valence-corrected chi connectivity index (χ0v) is 20.4. The van der Waals surface area contributed by atoms with Crippen molar-refractivity contribution in [1.82, 2.24) is 19.8 Å². The van der Waals surface area contributed by atoms with E-state index in [4.69, 9.17) is 9.97 Å². The molecule has 0 bridgehead atoms. The Balaban J connectivity index is 1.54. The second kappa shape index (κ2) is 11.6. The summed E-state index contributed by atoms with van der Waals surface area (Å²) >= 11 is 0. The van der Waals surface area contributed by atoms with Gasteiger partial charge in [0, 0.05) is 56.7 Å². The van der Waals surface area contributed by atoms with Crippen LogP contribution in [0.2, 0.25) is 0 Å². The summed E-state index contributed by atoms with van der Waals surface area (Å²) in [4.78, 5) is 30.0. The Labute approximate surface area is 199 Å². The Morgan fingerprint density at radius 3 is 2.39 bits per heavy atom. The maximum atomic E-state index is 13.0. The molecule has 1 aromatic carbocycles. The van der Waals surface area contributed by atoms with Crippen LogP contribution in [-0.2, 0) is 17.8 Å². The number of fused-ring (bicyclic) bond motifs is 1. The van der Waals surface area contributed by atoms with Crippen molar-refractivity contribution >= 4 is 11.7 Å². The van der Waals surface area contributed by atoms with Crippen LogP contribution in [0, 0.1) is 0 Å². The van der Waals surface area contributed by atoms with Crippen LogP contribution in [-0.4, -0.2) is 64.9 Å². The summed E-state index contributed by atoms with van der Waals surface area (Å²) in [6.07, 6.45) is 7.35. The van der Waals surface area contributed by atoms with Crippen molar-refractivity contribution in [2.24, 2.45) is 0 Å². The summed E-state index contributed by atoms with van der Waals surface area (Å²) in [6.45, 7) is 11.0. The first-order valence-corrected chi connectivity index (χ1v) is 12.9. The first-order valence-electron chi connectivity index (χ1n) is 12.9. The first-order chi connectivity index (χ1) is 16.2. The molecule has 33 heavy (non-hydrogen) atoms. The third kappa shape index (κ3) is 5.91. The molecule has 2 aliphatic rings. The maximum absolute atomic E-state index is 13.0. The molecule has 0 radical (unpaired) electrons. The average molecular weight is 450 g/mol. The molecule has 1 amide bonds. The van der Waals surface area contributed by atoms with Crippen LogP contribution >= 0.6 is 0 Å². The van der Waals surface area contributed by atoms with Crippen molar-refractivity contribution in [1.29, 1.82) is 0 Å². The minimum Gasteiger partial charge on any atom is -0.354 e. The number of nitrogens with zero attached hydrogens (tertiary/aromatic N) is 5. The van der Waals surface area contributed by atoms with Crippen LogP contribution in [0.15, 0.2) is 30.3 Å². The quantitative estimate of drug-likeness (QED) is 0.527. The lowest BCUT2D eigenvalue weighted by molar-refractivity contribution is -0.132. The summed E-state index contributed by atoms with van der Waals surface area (Å²) < 4.78 is 0. The van der Waals surface area contributed by atoms with Gasteiger partial charge in [-0.3, -0.25) is 4.79 Å². The molecule has 3 heterocycles. The molecule has 1 saturated heterocycles. The number of hydrogen-bond donors (Lipinski definition) is 0. The van der Waals surface area contributed by atoms with Gasteiger partial charge in [0.05, 0.1) is 12.2 Å². The Kier molecular flexibility index (Phi) is 8.32. The van der Waals surface area contributed by atoms with Gasteiger partial charge in [-0.05, 0) is 13.0 Å². The second-order valence-corrected chi connectivity index (χ2v) is 9.31. The highest BCUT2D eigenvalue weighted by molar-refractivity contribution is 5.77. The van der Waals surface area contributed by atoms with Crippen molar-refractivity contribution < 1.29 is 4.79 Å². The van der Waals surface area contributed by atoms with E-state index in [0.717, 1.165) is 87.0 Å². The minimum absolute atomic E-state index is 0.283. The van der Waals surface area contributed by atoms with Gasteiger partial charge in [0.25, 0.3) is 0 Å². The maximum Gasteiger partial charge on any atom is 0.222 e. The smallest absolute Gasteiger partial charge is 0.222 e.